The Bertz CT molecular complexity index is 2260. The van der Waals surface area contributed by atoms with Crippen LogP contribution in [-0.4, -0.2) is 95.2 Å². The predicted molar refractivity (Wildman–Crippen MR) is 227 cm³/mol. The first-order valence-corrected chi connectivity index (χ1v) is 21.4. The van der Waals surface area contributed by atoms with Crippen molar-refractivity contribution in [1.29, 1.82) is 0 Å². The summed E-state index contributed by atoms with van der Waals surface area (Å²) in [6, 6.07) is 7.05. The molecule has 308 valence electrons. The number of pyridine rings is 1. The molecule has 0 spiro atoms. The topological polar surface area (TPSA) is 131 Å². The van der Waals surface area contributed by atoms with Crippen LogP contribution in [-0.2, 0) is 43.2 Å². The van der Waals surface area contributed by atoms with Gasteiger partial charge in [0, 0.05) is 77.1 Å². The third kappa shape index (κ3) is 8.57. The van der Waals surface area contributed by atoms with Gasteiger partial charge in [0.15, 0.2) is 0 Å². The number of thiazole rings is 1. The van der Waals surface area contributed by atoms with Gasteiger partial charge in [0.25, 0.3) is 5.91 Å². The maximum absolute atomic E-state index is 14.2. The predicted octanol–water partition coefficient (Wildman–Crippen LogP) is 6.02. The molecule has 7 rings (SSSR count). The van der Waals surface area contributed by atoms with Gasteiger partial charge >= 0.3 is 5.97 Å². The van der Waals surface area contributed by atoms with E-state index in [1.165, 1.54) is 16.3 Å². The van der Waals surface area contributed by atoms with Crippen LogP contribution < -0.4 is 10.7 Å². The van der Waals surface area contributed by atoms with Crippen molar-refractivity contribution < 1.29 is 23.9 Å². The van der Waals surface area contributed by atoms with E-state index in [0.717, 1.165) is 55.2 Å². The highest BCUT2D eigenvalue weighted by atomic mass is 32.1. The summed E-state index contributed by atoms with van der Waals surface area (Å²) in [5, 5.41) is 8.41. The molecule has 5 heterocycles. The fourth-order valence-electron chi connectivity index (χ4n) is 8.39. The zero-order chi connectivity index (χ0) is 41.5. The van der Waals surface area contributed by atoms with Crippen LogP contribution in [0.2, 0.25) is 0 Å². The maximum atomic E-state index is 14.2. The Labute approximate surface area is 346 Å². The lowest BCUT2D eigenvalue weighted by Gasteiger charge is -2.35. The Kier molecular flexibility index (Phi) is 12.1. The van der Waals surface area contributed by atoms with E-state index in [0.29, 0.717) is 38.9 Å². The van der Waals surface area contributed by atoms with Crippen molar-refractivity contribution in [2.75, 3.05) is 40.9 Å². The number of cyclic esters (lactones) is 1. The number of aromatic nitrogens is 3. The molecule has 2 aliphatic heterocycles. The molecule has 1 aromatic carbocycles. The number of rotatable bonds is 7. The van der Waals surface area contributed by atoms with Crippen LogP contribution in [0.5, 0.6) is 0 Å². The number of carbonyl (C=O) groups excluding carboxylic acids is 3. The molecule has 6 bridgehead atoms. The van der Waals surface area contributed by atoms with Crippen molar-refractivity contribution in [2.45, 2.75) is 92.0 Å². The Morgan fingerprint density at radius 3 is 2.69 bits per heavy atom. The first kappa shape index (κ1) is 41.5. The quantitative estimate of drug-likeness (QED) is 0.170. The number of aryl methyl sites for hydroxylation is 1. The van der Waals surface area contributed by atoms with E-state index in [1.807, 2.05) is 37.5 Å². The van der Waals surface area contributed by atoms with Crippen LogP contribution >= 0.6 is 11.3 Å². The monoisotopic (exact) mass is 807 g/mol. The zero-order valence-electron chi connectivity index (χ0n) is 35.3. The van der Waals surface area contributed by atoms with Gasteiger partial charge in [-0.05, 0) is 82.8 Å². The van der Waals surface area contributed by atoms with Gasteiger partial charge in [-0.1, -0.05) is 45.6 Å². The van der Waals surface area contributed by atoms with Crippen molar-refractivity contribution >= 4 is 40.0 Å². The lowest BCUT2D eigenvalue weighted by atomic mass is 9.84. The number of hydrogen-bond donors (Lipinski definition) is 2. The van der Waals surface area contributed by atoms with Gasteiger partial charge in [0.1, 0.15) is 12.1 Å². The van der Waals surface area contributed by atoms with Crippen LogP contribution in [0, 0.1) is 35.0 Å². The number of amides is 2. The Morgan fingerprint density at radius 2 is 1.98 bits per heavy atom. The molecule has 1 saturated heterocycles. The minimum Gasteiger partial charge on any atom is -0.464 e. The number of nitrogens with one attached hydrogen (secondary N) is 2. The maximum Gasteiger partial charge on any atom is 0.324 e. The van der Waals surface area contributed by atoms with Crippen molar-refractivity contribution in [3.8, 4) is 34.4 Å². The van der Waals surface area contributed by atoms with Crippen LogP contribution in [0.4, 0.5) is 0 Å². The normalized spacial score (nSPS) is 23.8. The second-order valence-electron chi connectivity index (χ2n) is 17.3. The fraction of sp³-hybridized carbons (Fsp3) is 0.533. The summed E-state index contributed by atoms with van der Waals surface area (Å²) >= 11 is 1.48. The van der Waals surface area contributed by atoms with Gasteiger partial charge in [-0.2, -0.15) is 0 Å². The van der Waals surface area contributed by atoms with Gasteiger partial charge in [-0.25, -0.2) is 10.4 Å². The number of methoxy groups -OCH3 is 1. The van der Waals surface area contributed by atoms with E-state index in [1.54, 1.807) is 7.11 Å². The number of ether oxygens (including phenoxy) is 2. The molecular formula is C45H57N7O5S. The molecule has 1 saturated carbocycles. The molecule has 6 atom stereocenters. The van der Waals surface area contributed by atoms with E-state index < -0.39 is 23.5 Å². The molecule has 2 N–H and O–H groups in total. The van der Waals surface area contributed by atoms with Crippen molar-refractivity contribution in [3.05, 3.63) is 57.7 Å². The summed E-state index contributed by atoms with van der Waals surface area (Å²) in [5.74, 6) is 6.18. The summed E-state index contributed by atoms with van der Waals surface area (Å²) in [6.07, 6.45) is 3.51. The Morgan fingerprint density at radius 1 is 1.21 bits per heavy atom. The van der Waals surface area contributed by atoms with Crippen LogP contribution in [0.1, 0.15) is 82.3 Å². The van der Waals surface area contributed by atoms with Crippen molar-refractivity contribution in [2.24, 2.45) is 23.2 Å². The summed E-state index contributed by atoms with van der Waals surface area (Å²) in [7, 11) is 5.69. The Balaban J connectivity index is 1.37. The van der Waals surface area contributed by atoms with E-state index in [9.17, 15) is 14.4 Å². The van der Waals surface area contributed by atoms with Crippen LogP contribution in [0.3, 0.4) is 0 Å². The minimum absolute atomic E-state index is 0.119. The van der Waals surface area contributed by atoms with Gasteiger partial charge in [-0.3, -0.25) is 29.3 Å². The summed E-state index contributed by atoms with van der Waals surface area (Å²) in [5.41, 5.74) is 10.2. The SMILES string of the molecule is CCn1c(-c2cc(C#CCN(C)C)cnc2[C@H](C)OC)c2c3cc(ccc31)-c1csc(n1)C[C@H](NC(=O)C1[C@@H](C)[C@H]1C)C(=O)N1CCC[C@H](N1)C(=O)OCC(C)(C)C2. The highest BCUT2D eigenvalue weighted by Crippen LogP contribution is 2.46. The first-order valence-electron chi connectivity index (χ1n) is 20.5. The lowest BCUT2D eigenvalue weighted by molar-refractivity contribution is -0.155. The van der Waals surface area contributed by atoms with Gasteiger partial charge in [-0.15, -0.1) is 11.3 Å². The second-order valence-corrected chi connectivity index (χ2v) is 18.2. The summed E-state index contributed by atoms with van der Waals surface area (Å²) < 4.78 is 14.3. The van der Waals surface area contributed by atoms with E-state index in [-0.39, 0.29) is 48.7 Å². The molecule has 58 heavy (non-hydrogen) atoms. The zero-order valence-corrected chi connectivity index (χ0v) is 36.1. The Hall–Kier alpha value is -4.61. The van der Waals surface area contributed by atoms with Crippen molar-refractivity contribution in [1.82, 2.24) is 35.2 Å². The third-order valence-corrected chi connectivity index (χ3v) is 12.9. The number of benzene rings is 1. The molecule has 4 aromatic rings. The largest absolute Gasteiger partial charge is 0.464 e. The number of carbonyl (C=O) groups is 3. The van der Waals surface area contributed by atoms with Crippen LogP contribution in [0.15, 0.2) is 35.8 Å². The molecule has 0 radical (unpaired) electrons. The summed E-state index contributed by atoms with van der Waals surface area (Å²) in [6.45, 7) is 14.4. The molecule has 1 aliphatic carbocycles. The molecule has 2 fully saturated rings. The number of hydrogen-bond acceptors (Lipinski definition) is 10. The first-order chi connectivity index (χ1) is 27.7. The number of fused-ring (bicyclic) bond motifs is 6. The van der Waals surface area contributed by atoms with E-state index in [2.05, 4.69) is 86.0 Å². The lowest BCUT2D eigenvalue weighted by Crippen LogP contribution is -2.60. The third-order valence-electron chi connectivity index (χ3n) is 12.0. The highest BCUT2D eigenvalue weighted by molar-refractivity contribution is 7.10. The molecular weight excluding hydrogens is 751 g/mol. The molecule has 13 heteroatoms. The average Bonchev–Trinajstić information content (AvgIpc) is 3.47. The molecule has 12 nitrogen and oxygen atoms in total. The van der Waals surface area contributed by atoms with Gasteiger partial charge in [0.05, 0.1) is 41.3 Å². The number of hydrazine groups is 1. The van der Waals surface area contributed by atoms with Gasteiger partial charge in [0.2, 0.25) is 5.91 Å². The second kappa shape index (κ2) is 16.9. The minimum atomic E-state index is -0.845. The fourth-order valence-corrected chi connectivity index (χ4v) is 9.24. The molecule has 2 amide bonds. The smallest absolute Gasteiger partial charge is 0.324 e. The standard InChI is InChI=1S/C45H57N7O5S/c1-10-51-37-16-15-30-20-31(37)33(41(51)32-19-29(13-11-17-50(7)8)23-46-40(32)28(4)56-9)22-45(5,6)25-57-44(55)34-14-12-18-52(49-34)43(54)35(21-38-47-36(30)24-58-38)48-42(53)39-26(2)27(39)3/h15-16,19-20,23-24,26-28,34-35,39,49H,10,12,14,17-18,21-22,25H2,1-9H3,(H,48,53)/t26-,27+,28-,34-,35-,39?/m0/s1. The van der Waals surface area contributed by atoms with E-state index >= 15 is 0 Å². The molecule has 3 aliphatic rings. The number of nitrogens with zero attached hydrogens (tertiary/aromatic N) is 5. The number of esters is 1. The molecule has 3 aromatic heterocycles. The van der Waals surface area contributed by atoms with Gasteiger partial charge < -0.3 is 19.4 Å². The molecule has 1 unspecified atom stereocenters. The average molecular weight is 808 g/mol. The highest BCUT2D eigenvalue weighted by Gasteiger charge is 2.49. The summed E-state index contributed by atoms with van der Waals surface area (Å²) in [4.78, 5) is 53.4. The van der Waals surface area contributed by atoms with Crippen LogP contribution in [0.25, 0.3) is 33.4 Å². The van der Waals surface area contributed by atoms with Crippen molar-refractivity contribution in [3.63, 3.8) is 0 Å². The van der Waals surface area contributed by atoms with E-state index in [4.69, 9.17) is 19.4 Å².